The van der Waals surface area contributed by atoms with Gasteiger partial charge in [-0.1, -0.05) is 17.7 Å². The van der Waals surface area contributed by atoms with E-state index in [1.165, 1.54) is 6.26 Å². The molecule has 0 spiro atoms. The Hall–Kier alpha value is -2.69. The van der Waals surface area contributed by atoms with E-state index in [-0.39, 0.29) is 41.9 Å². The molecule has 10 heteroatoms. The highest BCUT2D eigenvalue weighted by molar-refractivity contribution is 7.89. The molecule has 1 saturated heterocycles. The molecule has 0 atom stereocenters. The molecule has 186 valence electrons. The number of piperazine rings is 1. The Bertz CT molecular complexity index is 1070. The number of furan rings is 1. The van der Waals surface area contributed by atoms with Crippen LogP contribution in [0.1, 0.15) is 32.1 Å². The molecule has 9 nitrogen and oxygen atoms in total. The molecule has 2 amide bonds. The number of sulfonamides is 1. The van der Waals surface area contributed by atoms with Gasteiger partial charge in [-0.25, -0.2) is 8.42 Å². The average molecular weight is 491 g/mol. The lowest BCUT2D eigenvalue weighted by Gasteiger charge is -2.35. The van der Waals surface area contributed by atoms with Gasteiger partial charge in [0.05, 0.1) is 30.8 Å². The van der Waals surface area contributed by atoms with E-state index in [2.05, 4.69) is 5.32 Å². The number of amides is 2. The first-order chi connectivity index (χ1) is 15.9. The molecule has 0 radical (unpaired) electrons. The van der Waals surface area contributed by atoms with Crippen LogP contribution in [0.4, 0.5) is 0 Å². The SMILES string of the molecule is Cc1ccc(S(=O)(=O)N(CC(=O)N2CCN(CC(=O)NC(C)(C)C)CC2)Cc2ccco2)cc1. The number of nitrogens with one attached hydrogen (secondary N) is 1. The number of benzene rings is 1. The van der Waals surface area contributed by atoms with Gasteiger partial charge in [0.2, 0.25) is 21.8 Å². The third-order valence-corrected chi connectivity index (χ3v) is 7.30. The molecule has 1 aliphatic rings. The van der Waals surface area contributed by atoms with Gasteiger partial charge in [0.15, 0.2) is 0 Å². The molecule has 1 N–H and O–H groups in total. The van der Waals surface area contributed by atoms with E-state index in [1.54, 1.807) is 41.3 Å². The summed E-state index contributed by atoms with van der Waals surface area (Å²) in [7, 11) is -3.91. The van der Waals surface area contributed by atoms with Crippen molar-refractivity contribution in [3.63, 3.8) is 0 Å². The second-order valence-corrected chi connectivity index (χ2v) is 11.6. The van der Waals surface area contributed by atoms with Gasteiger partial charge < -0.3 is 14.6 Å². The van der Waals surface area contributed by atoms with E-state index < -0.39 is 10.0 Å². The normalized spacial score (nSPS) is 15.5. The zero-order chi connectivity index (χ0) is 24.9. The first-order valence-electron chi connectivity index (χ1n) is 11.3. The summed E-state index contributed by atoms with van der Waals surface area (Å²) < 4.78 is 33.2. The van der Waals surface area contributed by atoms with Gasteiger partial charge in [0, 0.05) is 31.7 Å². The standard InChI is InChI=1S/C24H34N4O5S/c1-19-7-9-21(10-8-19)34(31,32)28(16-20-6-5-15-33-20)18-23(30)27-13-11-26(12-14-27)17-22(29)25-24(2,3)4/h5-10,15H,11-14,16-18H2,1-4H3,(H,25,29). The Kier molecular flexibility index (Phi) is 8.17. The van der Waals surface area contributed by atoms with Crippen molar-refractivity contribution in [2.24, 2.45) is 0 Å². The van der Waals surface area contributed by atoms with Gasteiger partial charge in [0.25, 0.3) is 0 Å². The molecule has 34 heavy (non-hydrogen) atoms. The van der Waals surface area contributed by atoms with Crippen LogP contribution >= 0.6 is 0 Å². The molecule has 2 aromatic rings. The minimum absolute atomic E-state index is 0.0398. The van der Waals surface area contributed by atoms with Crippen molar-refractivity contribution in [1.82, 2.24) is 19.4 Å². The summed E-state index contributed by atoms with van der Waals surface area (Å²) in [5.41, 5.74) is 0.650. The Morgan fingerprint density at radius 1 is 1.06 bits per heavy atom. The molecule has 2 heterocycles. The fourth-order valence-corrected chi connectivity index (χ4v) is 5.08. The van der Waals surface area contributed by atoms with Crippen LogP contribution in [0.3, 0.4) is 0 Å². The number of nitrogens with zero attached hydrogens (tertiary/aromatic N) is 3. The summed E-state index contributed by atoms with van der Waals surface area (Å²) in [5.74, 6) is 0.125. The average Bonchev–Trinajstić information content (AvgIpc) is 3.26. The zero-order valence-electron chi connectivity index (χ0n) is 20.3. The van der Waals surface area contributed by atoms with Crippen LogP contribution in [0.5, 0.6) is 0 Å². The zero-order valence-corrected chi connectivity index (χ0v) is 21.1. The van der Waals surface area contributed by atoms with Gasteiger partial charge in [-0.05, 0) is 52.0 Å². The molecule has 0 bridgehead atoms. The minimum Gasteiger partial charge on any atom is -0.468 e. The highest BCUT2D eigenvalue weighted by atomic mass is 32.2. The van der Waals surface area contributed by atoms with Crippen LogP contribution in [0.25, 0.3) is 0 Å². The molecular formula is C24H34N4O5S. The third-order valence-electron chi connectivity index (χ3n) is 5.49. The quantitative estimate of drug-likeness (QED) is 0.606. The Morgan fingerprint density at radius 2 is 1.71 bits per heavy atom. The van der Waals surface area contributed by atoms with Crippen molar-refractivity contribution in [1.29, 1.82) is 0 Å². The number of aryl methyl sites for hydroxylation is 1. The largest absolute Gasteiger partial charge is 0.468 e. The summed E-state index contributed by atoms with van der Waals surface area (Å²) in [4.78, 5) is 29.0. The second kappa shape index (κ2) is 10.7. The number of carbonyl (C=O) groups is 2. The number of hydrogen-bond acceptors (Lipinski definition) is 6. The summed E-state index contributed by atoms with van der Waals surface area (Å²) in [6.45, 7) is 9.57. The van der Waals surface area contributed by atoms with Crippen LogP contribution < -0.4 is 5.32 Å². The second-order valence-electron chi connectivity index (χ2n) is 9.62. The Balaban J connectivity index is 1.64. The molecule has 0 saturated carbocycles. The first kappa shape index (κ1) is 25.9. The van der Waals surface area contributed by atoms with Gasteiger partial charge >= 0.3 is 0 Å². The van der Waals surface area contributed by atoms with Crippen molar-refractivity contribution in [2.45, 2.75) is 44.7 Å². The monoisotopic (exact) mass is 490 g/mol. The van der Waals surface area contributed by atoms with Crippen LogP contribution in [0.2, 0.25) is 0 Å². The highest BCUT2D eigenvalue weighted by Crippen LogP contribution is 2.20. The van der Waals surface area contributed by atoms with Gasteiger partial charge in [-0.15, -0.1) is 0 Å². The number of carbonyl (C=O) groups excluding carboxylic acids is 2. The van der Waals surface area contributed by atoms with E-state index in [9.17, 15) is 18.0 Å². The Morgan fingerprint density at radius 3 is 2.26 bits per heavy atom. The lowest BCUT2D eigenvalue weighted by atomic mass is 10.1. The molecule has 1 aliphatic heterocycles. The summed E-state index contributed by atoms with van der Waals surface area (Å²) >= 11 is 0. The summed E-state index contributed by atoms with van der Waals surface area (Å²) in [5, 5.41) is 2.94. The molecule has 1 aromatic heterocycles. The van der Waals surface area contributed by atoms with Crippen LogP contribution in [0.15, 0.2) is 52.0 Å². The minimum atomic E-state index is -3.91. The predicted molar refractivity (Wildman–Crippen MR) is 128 cm³/mol. The fraction of sp³-hybridized carbons (Fsp3) is 0.500. The van der Waals surface area contributed by atoms with Crippen LogP contribution in [-0.4, -0.2) is 79.1 Å². The number of rotatable bonds is 8. The molecular weight excluding hydrogens is 456 g/mol. The van der Waals surface area contributed by atoms with Gasteiger partial charge in [-0.2, -0.15) is 4.31 Å². The molecule has 0 aliphatic carbocycles. The molecule has 3 rings (SSSR count). The van der Waals surface area contributed by atoms with E-state index in [0.29, 0.717) is 31.9 Å². The van der Waals surface area contributed by atoms with E-state index in [0.717, 1.165) is 9.87 Å². The third kappa shape index (κ3) is 7.15. The predicted octanol–water partition coefficient (Wildman–Crippen LogP) is 1.84. The van der Waals surface area contributed by atoms with Gasteiger partial charge in [0.1, 0.15) is 5.76 Å². The van der Waals surface area contributed by atoms with Crippen LogP contribution in [-0.2, 0) is 26.2 Å². The molecule has 1 fully saturated rings. The van der Waals surface area contributed by atoms with E-state index in [1.807, 2.05) is 32.6 Å². The fourth-order valence-electron chi connectivity index (χ4n) is 3.73. The van der Waals surface area contributed by atoms with Crippen molar-refractivity contribution in [3.8, 4) is 0 Å². The number of hydrogen-bond donors (Lipinski definition) is 1. The maximum atomic E-state index is 13.3. The van der Waals surface area contributed by atoms with Crippen LogP contribution in [0, 0.1) is 6.92 Å². The van der Waals surface area contributed by atoms with Gasteiger partial charge in [-0.3, -0.25) is 14.5 Å². The topological polar surface area (TPSA) is 103 Å². The maximum absolute atomic E-state index is 13.3. The van der Waals surface area contributed by atoms with Crippen molar-refractivity contribution >= 4 is 21.8 Å². The maximum Gasteiger partial charge on any atom is 0.243 e. The molecule has 1 aromatic carbocycles. The molecule has 0 unspecified atom stereocenters. The smallest absolute Gasteiger partial charge is 0.243 e. The first-order valence-corrected chi connectivity index (χ1v) is 12.8. The van der Waals surface area contributed by atoms with Crippen molar-refractivity contribution in [3.05, 3.63) is 54.0 Å². The summed E-state index contributed by atoms with van der Waals surface area (Å²) in [6.07, 6.45) is 1.48. The highest BCUT2D eigenvalue weighted by Gasteiger charge is 2.31. The Labute approximate surface area is 201 Å². The van der Waals surface area contributed by atoms with Crippen molar-refractivity contribution in [2.75, 3.05) is 39.3 Å². The lowest BCUT2D eigenvalue weighted by Crippen LogP contribution is -2.54. The lowest BCUT2D eigenvalue weighted by molar-refractivity contribution is -0.133. The van der Waals surface area contributed by atoms with E-state index in [4.69, 9.17) is 4.42 Å². The van der Waals surface area contributed by atoms with E-state index >= 15 is 0 Å². The summed E-state index contributed by atoms with van der Waals surface area (Å²) in [6, 6.07) is 9.92. The van der Waals surface area contributed by atoms with Crippen molar-refractivity contribution < 1.29 is 22.4 Å².